The van der Waals surface area contributed by atoms with Gasteiger partial charge in [-0.05, 0) is 56.9 Å². The first kappa shape index (κ1) is 19.3. The van der Waals surface area contributed by atoms with Crippen molar-refractivity contribution in [1.29, 1.82) is 0 Å². The summed E-state index contributed by atoms with van der Waals surface area (Å²) < 4.78 is 13.2. The van der Waals surface area contributed by atoms with Gasteiger partial charge in [0.2, 0.25) is 0 Å². The van der Waals surface area contributed by atoms with Crippen molar-refractivity contribution in [1.82, 2.24) is 14.9 Å². The van der Waals surface area contributed by atoms with Crippen molar-refractivity contribution >= 4 is 11.7 Å². The van der Waals surface area contributed by atoms with E-state index in [9.17, 15) is 9.18 Å². The molecule has 3 rings (SSSR count). The molecule has 6 heteroatoms. The second-order valence-corrected chi connectivity index (χ2v) is 7.08. The number of aromatic nitrogens is 2. The third-order valence-corrected chi connectivity index (χ3v) is 5.24. The van der Waals surface area contributed by atoms with Gasteiger partial charge in [0.25, 0.3) is 5.91 Å². The van der Waals surface area contributed by atoms with E-state index >= 15 is 0 Å². The molecular formula is C21H27FN4O. The minimum Gasteiger partial charge on any atom is -0.356 e. The molecule has 144 valence electrons. The van der Waals surface area contributed by atoms with Crippen LogP contribution in [0.3, 0.4) is 0 Å². The second kappa shape index (κ2) is 8.46. The normalized spacial score (nSPS) is 15.0. The molecule has 0 radical (unpaired) electrons. The Morgan fingerprint density at radius 2 is 1.81 bits per heavy atom. The fraction of sp³-hybridized carbons (Fsp3) is 0.476. The van der Waals surface area contributed by atoms with Crippen LogP contribution in [0.5, 0.6) is 0 Å². The Labute approximate surface area is 160 Å². The lowest BCUT2D eigenvalue weighted by molar-refractivity contribution is 0.0697. The van der Waals surface area contributed by atoms with E-state index in [4.69, 9.17) is 4.98 Å². The van der Waals surface area contributed by atoms with Crippen LogP contribution in [0.4, 0.5) is 10.2 Å². The van der Waals surface area contributed by atoms with Crippen molar-refractivity contribution < 1.29 is 9.18 Å². The molecule has 0 bridgehead atoms. The van der Waals surface area contributed by atoms with E-state index in [1.807, 2.05) is 18.7 Å². The van der Waals surface area contributed by atoms with Crippen LogP contribution >= 0.6 is 0 Å². The van der Waals surface area contributed by atoms with Gasteiger partial charge in [-0.2, -0.15) is 0 Å². The summed E-state index contributed by atoms with van der Waals surface area (Å²) in [7, 11) is 0. The van der Waals surface area contributed by atoms with Crippen LogP contribution in [0.25, 0.3) is 11.4 Å². The summed E-state index contributed by atoms with van der Waals surface area (Å²) in [5.74, 6) is 1.51. The van der Waals surface area contributed by atoms with Gasteiger partial charge in [0.15, 0.2) is 5.82 Å². The fourth-order valence-electron chi connectivity index (χ4n) is 3.41. The lowest BCUT2D eigenvalue weighted by atomic mass is 9.99. The topological polar surface area (TPSA) is 49.3 Å². The van der Waals surface area contributed by atoms with Gasteiger partial charge in [0, 0.05) is 37.9 Å². The predicted molar refractivity (Wildman–Crippen MR) is 105 cm³/mol. The third-order valence-electron chi connectivity index (χ3n) is 5.24. The van der Waals surface area contributed by atoms with Crippen molar-refractivity contribution in [3.05, 3.63) is 41.8 Å². The van der Waals surface area contributed by atoms with Gasteiger partial charge in [-0.3, -0.25) is 4.79 Å². The number of rotatable bonds is 5. The minimum absolute atomic E-state index is 0.00513. The summed E-state index contributed by atoms with van der Waals surface area (Å²) in [6, 6.07) is 6.10. The molecule has 0 atom stereocenters. The van der Waals surface area contributed by atoms with E-state index in [-0.39, 0.29) is 11.7 Å². The predicted octanol–water partition coefficient (Wildman–Crippen LogP) is 4.00. The highest BCUT2D eigenvalue weighted by Crippen LogP contribution is 2.25. The zero-order valence-corrected chi connectivity index (χ0v) is 16.3. The van der Waals surface area contributed by atoms with Crippen LogP contribution in [0.15, 0.2) is 30.5 Å². The maximum atomic E-state index is 13.2. The average Bonchev–Trinajstić information content (AvgIpc) is 2.69. The first-order valence-corrected chi connectivity index (χ1v) is 9.70. The highest BCUT2D eigenvalue weighted by Gasteiger charge is 2.26. The molecule has 1 saturated heterocycles. The smallest absolute Gasteiger partial charge is 0.259 e. The van der Waals surface area contributed by atoms with Gasteiger partial charge in [0.1, 0.15) is 17.2 Å². The van der Waals surface area contributed by atoms with Crippen LogP contribution in [0.1, 0.15) is 44.0 Å². The Bertz CT molecular complexity index is 781. The summed E-state index contributed by atoms with van der Waals surface area (Å²) in [4.78, 5) is 26.2. The molecule has 0 saturated carbocycles. The van der Waals surface area contributed by atoms with E-state index in [1.54, 1.807) is 18.3 Å². The number of anilines is 1. The molecule has 1 amide bonds. The molecule has 2 heterocycles. The van der Waals surface area contributed by atoms with Crippen LogP contribution in [-0.2, 0) is 0 Å². The Kier molecular flexibility index (Phi) is 6.04. The fourth-order valence-corrected chi connectivity index (χ4v) is 3.41. The van der Waals surface area contributed by atoms with Gasteiger partial charge in [-0.1, -0.05) is 6.92 Å². The molecule has 1 aliphatic rings. The number of halogens is 1. The molecule has 0 aliphatic carbocycles. The molecule has 0 spiro atoms. The third kappa shape index (κ3) is 4.26. The number of hydrogen-bond acceptors (Lipinski definition) is 4. The highest BCUT2D eigenvalue weighted by molar-refractivity contribution is 5.99. The first-order chi connectivity index (χ1) is 13.0. The average molecular weight is 370 g/mol. The monoisotopic (exact) mass is 370 g/mol. The standard InChI is InChI=1S/C21H27FN4O/c1-4-25(5-2)20-18(21(27)26-12-10-15(3)11-13-26)14-23-19(24-20)16-6-8-17(22)9-7-16/h6-9,14-15H,4-5,10-13H2,1-3H3. The molecule has 0 unspecified atom stereocenters. The molecule has 1 aromatic carbocycles. The van der Waals surface area contributed by atoms with Crippen LogP contribution in [0, 0.1) is 11.7 Å². The van der Waals surface area contributed by atoms with Crippen molar-refractivity contribution in [3.8, 4) is 11.4 Å². The largest absolute Gasteiger partial charge is 0.356 e. The van der Waals surface area contributed by atoms with Crippen LogP contribution in [-0.4, -0.2) is 47.0 Å². The number of piperidine rings is 1. The van der Waals surface area contributed by atoms with E-state index in [2.05, 4.69) is 16.8 Å². The van der Waals surface area contributed by atoms with Crippen molar-refractivity contribution in [2.24, 2.45) is 5.92 Å². The molecule has 1 aromatic heterocycles. The lowest BCUT2D eigenvalue weighted by Crippen LogP contribution is -2.39. The summed E-state index contributed by atoms with van der Waals surface area (Å²) >= 11 is 0. The Morgan fingerprint density at radius 3 is 2.41 bits per heavy atom. The van der Waals surface area contributed by atoms with Crippen molar-refractivity contribution in [2.75, 3.05) is 31.1 Å². The maximum absolute atomic E-state index is 13.2. The second-order valence-electron chi connectivity index (χ2n) is 7.08. The Balaban J connectivity index is 1.97. The number of carbonyl (C=O) groups excluding carboxylic acids is 1. The SMILES string of the molecule is CCN(CC)c1nc(-c2ccc(F)cc2)ncc1C(=O)N1CCC(C)CC1. The molecule has 27 heavy (non-hydrogen) atoms. The van der Waals surface area contributed by atoms with Gasteiger partial charge < -0.3 is 9.80 Å². The van der Waals surface area contributed by atoms with Gasteiger partial charge >= 0.3 is 0 Å². The van der Waals surface area contributed by atoms with Gasteiger partial charge in [0.05, 0.1) is 0 Å². The van der Waals surface area contributed by atoms with Gasteiger partial charge in [-0.25, -0.2) is 14.4 Å². The Morgan fingerprint density at radius 1 is 1.19 bits per heavy atom. The number of nitrogens with zero attached hydrogens (tertiary/aromatic N) is 4. The van der Waals surface area contributed by atoms with E-state index in [0.717, 1.165) is 44.6 Å². The zero-order valence-electron chi connectivity index (χ0n) is 16.3. The van der Waals surface area contributed by atoms with Crippen LogP contribution in [0.2, 0.25) is 0 Å². The number of carbonyl (C=O) groups is 1. The summed E-state index contributed by atoms with van der Waals surface area (Å²) in [6.45, 7) is 9.35. The molecule has 0 N–H and O–H groups in total. The maximum Gasteiger partial charge on any atom is 0.259 e. The zero-order chi connectivity index (χ0) is 19.4. The van der Waals surface area contributed by atoms with E-state index in [0.29, 0.717) is 23.1 Å². The molecular weight excluding hydrogens is 343 g/mol. The summed E-state index contributed by atoms with van der Waals surface area (Å²) in [5, 5.41) is 0. The molecule has 1 fully saturated rings. The molecule has 2 aromatic rings. The number of benzene rings is 1. The minimum atomic E-state index is -0.297. The summed E-state index contributed by atoms with van der Waals surface area (Å²) in [5.41, 5.74) is 1.27. The number of hydrogen-bond donors (Lipinski definition) is 0. The van der Waals surface area contributed by atoms with Crippen molar-refractivity contribution in [2.45, 2.75) is 33.6 Å². The highest BCUT2D eigenvalue weighted by atomic mass is 19.1. The van der Waals surface area contributed by atoms with Crippen LogP contribution < -0.4 is 4.90 Å². The molecule has 5 nitrogen and oxygen atoms in total. The quantitative estimate of drug-likeness (QED) is 0.798. The number of amides is 1. The summed E-state index contributed by atoms with van der Waals surface area (Å²) in [6.07, 6.45) is 3.68. The Hall–Kier alpha value is -2.50. The van der Waals surface area contributed by atoms with Gasteiger partial charge in [-0.15, -0.1) is 0 Å². The number of likely N-dealkylation sites (tertiary alicyclic amines) is 1. The van der Waals surface area contributed by atoms with E-state index < -0.39 is 0 Å². The van der Waals surface area contributed by atoms with E-state index in [1.165, 1.54) is 12.1 Å². The first-order valence-electron chi connectivity index (χ1n) is 9.70. The lowest BCUT2D eigenvalue weighted by Gasteiger charge is -2.31. The van der Waals surface area contributed by atoms with Crippen molar-refractivity contribution in [3.63, 3.8) is 0 Å². The molecule has 1 aliphatic heterocycles.